The van der Waals surface area contributed by atoms with Crippen LogP contribution < -0.4 is 10.7 Å². The summed E-state index contributed by atoms with van der Waals surface area (Å²) in [6.45, 7) is 4.56. The van der Waals surface area contributed by atoms with Gasteiger partial charge in [0.2, 0.25) is 0 Å². The molecule has 1 aromatic rings. The summed E-state index contributed by atoms with van der Waals surface area (Å²) in [5.74, 6) is 0.583. The van der Waals surface area contributed by atoms with E-state index in [-0.39, 0.29) is 17.7 Å². The number of nitrogens with two attached hydrogens (primary N) is 1. The van der Waals surface area contributed by atoms with Crippen molar-refractivity contribution < 1.29 is 4.79 Å². The molecule has 2 N–H and O–H groups in total. The Morgan fingerprint density at radius 3 is 2.78 bits per heavy atom. The minimum atomic E-state index is -0.197. The second-order valence-electron chi connectivity index (χ2n) is 4.65. The van der Waals surface area contributed by atoms with E-state index in [4.69, 9.17) is 5.73 Å². The Labute approximate surface area is 107 Å². The number of anilines is 1. The highest BCUT2D eigenvalue weighted by Crippen LogP contribution is 2.26. The Bertz CT molecular complexity index is 455. The molecule has 0 bridgehead atoms. The summed E-state index contributed by atoms with van der Waals surface area (Å²) in [5, 5.41) is 5.82. The van der Waals surface area contributed by atoms with Crippen LogP contribution in [0.15, 0.2) is 29.5 Å². The van der Waals surface area contributed by atoms with Crippen LogP contribution >= 0.6 is 0 Å². The molecular weight excluding hydrogens is 228 g/mol. The molecule has 5 nitrogen and oxygen atoms in total. The number of pyridine rings is 1. The van der Waals surface area contributed by atoms with Crippen molar-refractivity contribution in [1.29, 1.82) is 0 Å². The molecule has 2 heterocycles. The molecule has 1 aliphatic heterocycles. The molecule has 18 heavy (non-hydrogen) atoms. The van der Waals surface area contributed by atoms with Crippen molar-refractivity contribution in [2.75, 3.05) is 11.6 Å². The smallest absolute Gasteiger partial charge is 0.257 e. The molecule has 5 heteroatoms. The molecule has 0 saturated heterocycles. The SMILES string of the molecule is CC(C)C1=NN(c2ccccn2)C(=O)C1CCN. The first-order valence-corrected chi connectivity index (χ1v) is 6.18. The van der Waals surface area contributed by atoms with Gasteiger partial charge < -0.3 is 5.73 Å². The standard InChI is InChI=1S/C13H18N4O/c1-9(2)12-10(6-7-14)13(18)17(16-12)11-5-3-4-8-15-11/h3-5,8-10H,6-7,14H2,1-2H3. The van der Waals surface area contributed by atoms with Crippen molar-refractivity contribution in [3.63, 3.8) is 0 Å². The molecule has 0 aromatic carbocycles. The molecule has 0 radical (unpaired) electrons. The summed E-state index contributed by atoms with van der Waals surface area (Å²) >= 11 is 0. The van der Waals surface area contributed by atoms with Crippen LogP contribution in [0.3, 0.4) is 0 Å². The number of nitrogens with zero attached hydrogens (tertiary/aromatic N) is 3. The molecule has 1 aliphatic rings. The summed E-state index contributed by atoms with van der Waals surface area (Å²) in [4.78, 5) is 16.5. The molecule has 0 saturated carbocycles. The van der Waals surface area contributed by atoms with E-state index in [1.54, 1.807) is 12.3 Å². The lowest BCUT2D eigenvalue weighted by molar-refractivity contribution is -0.119. The molecule has 0 spiro atoms. The fraction of sp³-hybridized carbons (Fsp3) is 0.462. The number of hydrazone groups is 1. The Kier molecular flexibility index (Phi) is 3.72. The number of hydrogen-bond donors (Lipinski definition) is 1. The maximum atomic E-state index is 12.3. The zero-order valence-electron chi connectivity index (χ0n) is 10.7. The molecule has 1 atom stereocenters. The van der Waals surface area contributed by atoms with Crippen molar-refractivity contribution in [2.45, 2.75) is 20.3 Å². The van der Waals surface area contributed by atoms with Gasteiger partial charge in [0.05, 0.1) is 11.6 Å². The normalized spacial score (nSPS) is 19.6. The van der Waals surface area contributed by atoms with Crippen LogP contribution in [0.1, 0.15) is 20.3 Å². The number of carbonyl (C=O) groups is 1. The van der Waals surface area contributed by atoms with E-state index >= 15 is 0 Å². The fourth-order valence-corrected chi connectivity index (χ4v) is 2.11. The quantitative estimate of drug-likeness (QED) is 0.873. The third kappa shape index (κ3) is 2.26. The molecule has 0 fully saturated rings. The van der Waals surface area contributed by atoms with Crippen molar-refractivity contribution in [3.8, 4) is 0 Å². The van der Waals surface area contributed by atoms with E-state index in [9.17, 15) is 4.79 Å². The Balaban J connectivity index is 2.31. The van der Waals surface area contributed by atoms with Crippen LogP contribution in [0.25, 0.3) is 0 Å². The predicted molar refractivity (Wildman–Crippen MR) is 71.2 cm³/mol. The maximum absolute atomic E-state index is 12.3. The summed E-state index contributed by atoms with van der Waals surface area (Å²) in [6.07, 6.45) is 2.29. The predicted octanol–water partition coefficient (Wildman–Crippen LogP) is 1.41. The van der Waals surface area contributed by atoms with Gasteiger partial charge in [-0.1, -0.05) is 19.9 Å². The fourth-order valence-electron chi connectivity index (χ4n) is 2.11. The van der Waals surface area contributed by atoms with E-state index in [1.807, 2.05) is 26.0 Å². The highest BCUT2D eigenvalue weighted by atomic mass is 16.2. The van der Waals surface area contributed by atoms with E-state index < -0.39 is 0 Å². The molecule has 0 aliphatic carbocycles. The van der Waals surface area contributed by atoms with Gasteiger partial charge in [0, 0.05) is 6.20 Å². The minimum absolute atomic E-state index is 0.0251. The van der Waals surface area contributed by atoms with Crippen LogP contribution in [-0.2, 0) is 4.79 Å². The Hall–Kier alpha value is -1.75. The number of amides is 1. The largest absolute Gasteiger partial charge is 0.330 e. The van der Waals surface area contributed by atoms with Gasteiger partial charge in [-0.2, -0.15) is 10.1 Å². The zero-order chi connectivity index (χ0) is 13.1. The average Bonchev–Trinajstić information content (AvgIpc) is 2.69. The third-order valence-corrected chi connectivity index (χ3v) is 2.99. The van der Waals surface area contributed by atoms with Gasteiger partial charge in [0.25, 0.3) is 5.91 Å². The summed E-state index contributed by atoms with van der Waals surface area (Å²) in [6, 6.07) is 5.44. The van der Waals surface area contributed by atoms with Gasteiger partial charge in [-0.15, -0.1) is 0 Å². The first kappa shape index (κ1) is 12.7. The first-order valence-electron chi connectivity index (χ1n) is 6.18. The van der Waals surface area contributed by atoms with Crippen LogP contribution in [-0.4, -0.2) is 23.1 Å². The van der Waals surface area contributed by atoms with Crippen LogP contribution in [0, 0.1) is 11.8 Å². The third-order valence-electron chi connectivity index (χ3n) is 2.99. The van der Waals surface area contributed by atoms with Crippen molar-refractivity contribution in [1.82, 2.24) is 4.98 Å². The van der Waals surface area contributed by atoms with Gasteiger partial charge >= 0.3 is 0 Å². The molecule has 96 valence electrons. The summed E-state index contributed by atoms with van der Waals surface area (Å²) in [5.41, 5.74) is 6.47. The molecule has 1 unspecified atom stereocenters. The minimum Gasteiger partial charge on any atom is -0.330 e. The van der Waals surface area contributed by atoms with Crippen molar-refractivity contribution >= 4 is 17.4 Å². The van der Waals surface area contributed by atoms with E-state index in [2.05, 4.69) is 10.1 Å². The Morgan fingerprint density at radius 1 is 1.44 bits per heavy atom. The van der Waals surface area contributed by atoms with Crippen LogP contribution in [0.4, 0.5) is 5.82 Å². The van der Waals surface area contributed by atoms with Gasteiger partial charge in [-0.25, -0.2) is 4.98 Å². The van der Waals surface area contributed by atoms with Gasteiger partial charge in [-0.05, 0) is 31.0 Å². The zero-order valence-corrected chi connectivity index (χ0v) is 10.7. The van der Waals surface area contributed by atoms with Crippen molar-refractivity contribution in [3.05, 3.63) is 24.4 Å². The highest BCUT2D eigenvalue weighted by Gasteiger charge is 2.37. The lowest BCUT2D eigenvalue weighted by Gasteiger charge is -2.13. The van der Waals surface area contributed by atoms with E-state index in [0.717, 1.165) is 5.71 Å². The molecule has 1 amide bonds. The van der Waals surface area contributed by atoms with Crippen molar-refractivity contribution in [2.24, 2.45) is 22.7 Å². The van der Waals surface area contributed by atoms with Crippen LogP contribution in [0.2, 0.25) is 0 Å². The second-order valence-corrected chi connectivity index (χ2v) is 4.65. The summed E-state index contributed by atoms with van der Waals surface area (Å²) in [7, 11) is 0. The second kappa shape index (κ2) is 5.27. The molecule has 2 rings (SSSR count). The lowest BCUT2D eigenvalue weighted by Crippen LogP contribution is -2.30. The van der Waals surface area contributed by atoms with Gasteiger partial charge in [0.15, 0.2) is 5.82 Å². The lowest BCUT2D eigenvalue weighted by atomic mass is 9.92. The average molecular weight is 246 g/mol. The van der Waals surface area contributed by atoms with E-state index in [0.29, 0.717) is 18.8 Å². The number of rotatable bonds is 4. The topological polar surface area (TPSA) is 71.6 Å². The summed E-state index contributed by atoms with van der Waals surface area (Å²) < 4.78 is 0. The van der Waals surface area contributed by atoms with Gasteiger partial charge in [-0.3, -0.25) is 4.79 Å². The number of hydrogen-bond acceptors (Lipinski definition) is 4. The monoisotopic (exact) mass is 246 g/mol. The van der Waals surface area contributed by atoms with E-state index in [1.165, 1.54) is 5.01 Å². The maximum Gasteiger partial charge on any atom is 0.257 e. The Morgan fingerprint density at radius 2 is 2.22 bits per heavy atom. The number of aromatic nitrogens is 1. The highest BCUT2D eigenvalue weighted by molar-refractivity contribution is 6.15. The number of carbonyl (C=O) groups excluding carboxylic acids is 1. The van der Waals surface area contributed by atoms with Gasteiger partial charge in [0.1, 0.15) is 0 Å². The molecular formula is C13H18N4O. The first-order chi connectivity index (χ1) is 8.65. The molecule has 1 aromatic heterocycles. The van der Waals surface area contributed by atoms with Crippen LogP contribution in [0.5, 0.6) is 0 Å².